The van der Waals surface area contributed by atoms with Crippen LogP contribution in [-0.2, 0) is 9.59 Å². The SMILES string of the molecule is CCN(O)C(=O)C(C=O)=Cc1ccccn1. The van der Waals surface area contributed by atoms with E-state index in [2.05, 4.69) is 4.98 Å². The Hall–Kier alpha value is -2.01. The lowest BCUT2D eigenvalue weighted by Gasteiger charge is -2.11. The minimum Gasteiger partial charge on any atom is -0.298 e. The van der Waals surface area contributed by atoms with Crippen molar-refractivity contribution in [2.75, 3.05) is 6.54 Å². The number of carbonyl (C=O) groups is 2. The van der Waals surface area contributed by atoms with E-state index in [1.165, 1.54) is 6.08 Å². The van der Waals surface area contributed by atoms with E-state index in [0.717, 1.165) is 0 Å². The van der Waals surface area contributed by atoms with E-state index in [9.17, 15) is 9.59 Å². The highest BCUT2D eigenvalue weighted by Crippen LogP contribution is 2.04. The number of amides is 1. The lowest BCUT2D eigenvalue weighted by atomic mass is 10.2. The first-order valence-corrected chi connectivity index (χ1v) is 4.77. The van der Waals surface area contributed by atoms with Crippen molar-refractivity contribution >= 4 is 18.3 Å². The standard InChI is InChI=1S/C11H12N2O3/c1-2-13(16)11(15)9(8-14)7-10-5-3-4-6-12-10/h3-8,16H,2H2,1H3. The number of hydrogen-bond donors (Lipinski definition) is 1. The van der Waals surface area contributed by atoms with Crippen LogP contribution < -0.4 is 0 Å². The van der Waals surface area contributed by atoms with Crippen molar-refractivity contribution in [2.24, 2.45) is 0 Å². The van der Waals surface area contributed by atoms with Gasteiger partial charge in [0.1, 0.15) is 0 Å². The average molecular weight is 220 g/mol. The van der Waals surface area contributed by atoms with Gasteiger partial charge in [-0.15, -0.1) is 0 Å². The summed E-state index contributed by atoms with van der Waals surface area (Å²) < 4.78 is 0. The molecule has 0 aliphatic carbocycles. The molecule has 16 heavy (non-hydrogen) atoms. The van der Waals surface area contributed by atoms with Crippen LogP contribution in [0, 0.1) is 0 Å². The molecule has 1 heterocycles. The third kappa shape index (κ3) is 2.99. The van der Waals surface area contributed by atoms with E-state index >= 15 is 0 Å². The second kappa shape index (κ2) is 5.77. The molecule has 0 bridgehead atoms. The number of hydroxylamine groups is 2. The largest absolute Gasteiger partial charge is 0.298 e. The fraction of sp³-hybridized carbons (Fsp3) is 0.182. The quantitative estimate of drug-likeness (QED) is 0.204. The van der Waals surface area contributed by atoms with Crippen molar-refractivity contribution in [3.05, 3.63) is 35.7 Å². The molecule has 5 nitrogen and oxygen atoms in total. The summed E-state index contributed by atoms with van der Waals surface area (Å²) in [4.78, 5) is 26.1. The molecule has 0 saturated heterocycles. The lowest BCUT2D eigenvalue weighted by molar-refractivity contribution is -0.159. The summed E-state index contributed by atoms with van der Waals surface area (Å²) in [6, 6.07) is 5.12. The highest BCUT2D eigenvalue weighted by atomic mass is 16.5. The molecule has 0 fully saturated rings. The highest BCUT2D eigenvalue weighted by Gasteiger charge is 2.14. The molecule has 0 aliphatic rings. The first-order valence-electron chi connectivity index (χ1n) is 4.77. The highest BCUT2D eigenvalue weighted by molar-refractivity contribution is 6.13. The fourth-order valence-corrected chi connectivity index (χ4v) is 1.06. The second-order valence-electron chi connectivity index (χ2n) is 2.99. The molecule has 0 unspecified atom stereocenters. The molecular weight excluding hydrogens is 208 g/mol. The lowest BCUT2D eigenvalue weighted by Crippen LogP contribution is -2.28. The van der Waals surface area contributed by atoms with Crippen LogP contribution in [-0.4, -0.2) is 34.0 Å². The zero-order valence-electron chi connectivity index (χ0n) is 8.83. The molecule has 1 rings (SSSR count). The van der Waals surface area contributed by atoms with Gasteiger partial charge in [0, 0.05) is 12.7 Å². The Labute approximate surface area is 93.0 Å². The maximum absolute atomic E-state index is 11.5. The van der Waals surface area contributed by atoms with Crippen molar-refractivity contribution in [2.45, 2.75) is 6.92 Å². The number of rotatable bonds is 4. The number of carbonyl (C=O) groups excluding carboxylic acids is 2. The predicted molar refractivity (Wildman–Crippen MR) is 57.5 cm³/mol. The Balaban J connectivity index is 2.95. The Morgan fingerprint density at radius 3 is 2.81 bits per heavy atom. The molecule has 0 aliphatic heterocycles. The van der Waals surface area contributed by atoms with Gasteiger partial charge in [0.15, 0.2) is 6.29 Å². The van der Waals surface area contributed by atoms with Crippen LogP contribution in [0.3, 0.4) is 0 Å². The second-order valence-corrected chi connectivity index (χ2v) is 2.99. The van der Waals surface area contributed by atoms with Gasteiger partial charge in [0.2, 0.25) is 0 Å². The fourth-order valence-electron chi connectivity index (χ4n) is 1.06. The zero-order valence-corrected chi connectivity index (χ0v) is 8.83. The number of aldehydes is 1. The number of hydrogen-bond acceptors (Lipinski definition) is 4. The van der Waals surface area contributed by atoms with Crippen molar-refractivity contribution in [1.29, 1.82) is 0 Å². The molecule has 0 saturated carbocycles. The van der Waals surface area contributed by atoms with Crippen LogP contribution in [0.25, 0.3) is 6.08 Å². The van der Waals surface area contributed by atoms with Gasteiger partial charge < -0.3 is 0 Å². The molecule has 1 amide bonds. The zero-order chi connectivity index (χ0) is 12.0. The summed E-state index contributed by atoms with van der Waals surface area (Å²) in [6.07, 6.45) is 3.28. The number of pyridine rings is 1. The van der Waals surface area contributed by atoms with Crippen LogP contribution in [0.4, 0.5) is 0 Å². The van der Waals surface area contributed by atoms with Gasteiger partial charge in [-0.2, -0.15) is 0 Å². The van der Waals surface area contributed by atoms with Crippen LogP contribution in [0.2, 0.25) is 0 Å². The maximum atomic E-state index is 11.5. The third-order valence-corrected chi connectivity index (χ3v) is 1.90. The van der Waals surface area contributed by atoms with E-state index in [1.54, 1.807) is 31.3 Å². The normalized spacial score (nSPS) is 11.0. The summed E-state index contributed by atoms with van der Waals surface area (Å²) in [7, 11) is 0. The summed E-state index contributed by atoms with van der Waals surface area (Å²) >= 11 is 0. The molecule has 1 N–H and O–H groups in total. The molecule has 0 aromatic carbocycles. The summed E-state index contributed by atoms with van der Waals surface area (Å²) in [5.74, 6) is -0.733. The number of nitrogens with zero attached hydrogens (tertiary/aromatic N) is 2. The van der Waals surface area contributed by atoms with Crippen LogP contribution in [0.1, 0.15) is 12.6 Å². The molecule has 0 spiro atoms. The van der Waals surface area contributed by atoms with Gasteiger partial charge in [0.05, 0.1) is 11.3 Å². The van der Waals surface area contributed by atoms with E-state index in [-0.39, 0.29) is 12.1 Å². The van der Waals surface area contributed by atoms with E-state index in [0.29, 0.717) is 17.0 Å². The first-order chi connectivity index (χ1) is 7.69. The monoisotopic (exact) mass is 220 g/mol. The van der Waals surface area contributed by atoms with E-state index in [4.69, 9.17) is 5.21 Å². The summed E-state index contributed by atoms with van der Waals surface area (Å²) in [5.41, 5.74) is 0.352. The molecular formula is C11H12N2O3. The molecule has 1 aromatic heterocycles. The van der Waals surface area contributed by atoms with Gasteiger partial charge in [-0.25, -0.2) is 5.06 Å². The molecule has 1 aromatic rings. The van der Waals surface area contributed by atoms with E-state index in [1.807, 2.05) is 0 Å². The molecule has 84 valence electrons. The maximum Gasteiger partial charge on any atom is 0.280 e. The number of likely N-dealkylation sites (N-methyl/N-ethyl adjacent to an activating group) is 1. The molecule has 0 atom stereocenters. The van der Waals surface area contributed by atoms with Gasteiger partial charge in [-0.05, 0) is 25.1 Å². The van der Waals surface area contributed by atoms with Crippen molar-refractivity contribution < 1.29 is 14.8 Å². The number of aromatic nitrogens is 1. The Morgan fingerprint density at radius 2 is 2.31 bits per heavy atom. The van der Waals surface area contributed by atoms with Gasteiger partial charge in [-0.1, -0.05) is 6.07 Å². The smallest absolute Gasteiger partial charge is 0.280 e. The van der Waals surface area contributed by atoms with Gasteiger partial charge >= 0.3 is 0 Å². The predicted octanol–water partition coefficient (Wildman–Crippen LogP) is 0.902. The van der Waals surface area contributed by atoms with Crippen molar-refractivity contribution in [3.8, 4) is 0 Å². The summed E-state index contributed by atoms with van der Waals surface area (Å²) in [5, 5.41) is 9.65. The third-order valence-electron chi connectivity index (χ3n) is 1.90. The van der Waals surface area contributed by atoms with E-state index < -0.39 is 5.91 Å². The Bertz CT molecular complexity index is 401. The van der Waals surface area contributed by atoms with Crippen LogP contribution >= 0.6 is 0 Å². The summed E-state index contributed by atoms with van der Waals surface area (Å²) in [6.45, 7) is 1.72. The Morgan fingerprint density at radius 1 is 1.56 bits per heavy atom. The van der Waals surface area contributed by atoms with Gasteiger partial charge in [0.25, 0.3) is 5.91 Å². The first kappa shape index (κ1) is 12.1. The molecule has 0 radical (unpaired) electrons. The minimum absolute atomic E-state index is 0.117. The topological polar surface area (TPSA) is 70.5 Å². The van der Waals surface area contributed by atoms with Crippen molar-refractivity contribution in [1.82, 2.24) is 10.0 Å². The van der Waals surface area contributed by atoms with Gasteiger partial charge in [-0.3, -0.25) is 19.8 Å². The van der Waals surface area contributed by atoms with Crippen molar-refractivity contribution in [3.63, 3.8) is 0 Å². The Kier molecular flexibility index (Phi) is 4.35. The minimum atomic E-state index is -0.733. The van der Waals surface area contributed by atoms with Crippen LogP contribution in [0.5, 0.6) is 0 Å². The van der Waals surface area contributed by atoms with Crippen LogP contribution in [0.15, 0.2) is 30.0 Å². The average Bonchev–Trinajstić information content (AvgIpc) is 2.35. The molecule has 5 heteroatoms.